The summed E-state index contributed by atoms with van der Waals surface area (Å²) >= 11 is 6.04. The molecule has 2 aromatic rings. The monoisotopic (exact) mass is 304 g/mol. The molecular weight excluding hydrogens is 288 g/mol. The van der Waals surface area contributed by atoms with E-state index in [-0.39, 0.29) is 12.5 Å². The lowest BCUT2D eigenvalue weighted by atomic mass is 10.3. The second-order valence-electron chi connectivity index (χ2n) is 4.49. The minimum Gasteiger partial charge on any atom is -0.495 e. The van der Waals surface area contributed by atoms with Crippen LogP contribution in [0, 0.1) is 0 Å². The number of nitrogens with zero attached hydrogens (tertiary/aromatic N) is 1. The maximum absolute atomic E-state index is 12.1. The van der Waals surface area contributed by atoms with Crippen molar-refractivity contribution in [1.82, 2.24) is 0 Å². The summed E-state index contributed by atoms with van der Waals surface area (Å²) in [7, 11) is 3.31. The summed E-state index contributed by atoms with van der Waals surface area (Å²) in [5, 5.41) is 3.56. The van der Waals surface area contributed by atoms with Crippen molar-refractivity contribution in [3.63, 3.8) is 0 Å². The van der Waals surface area contributed by atoms with Crippen LogP contribution in [0.5, 0.6) is 5.75 Å². The van der Waals surface area contributed by atoms with Crippen LogP contribution in [0.2, 0.25) is 5.02 Å². The Labute approximate surface area is 129 Å². The van der Waals surface area contributed by atoms with Crippen molar-refractivity contribution in [1.29, 1.82) is 0 Å². The molecule has 5 heteroatoms. The van der Waals surface area contributed by atoms with Gasteiger partial charge in [0.2, 0.25) is 5.91 Å². The van der Waals surface area contributed by atoms with Gasteiger partial charge in [-0.25, -0.2) is 0 Å². The van der Waals surface area contributed by atoms with Crippen molar-refractivity contribution >= 4 is 28.9 Å². The van der Waals surface area contributed by atoms with Crippen LogP contribution in [0.3, 0.4) is 0 Å². The topological polar surface area (TPSA) is 41.6 Å². The molecular formula is C16H17ClN2O2. The van der Waals surface area contributed by atoms with Crippen LogP contribution >= 0.6 is 11.6 Å². The number of carbonyl (C=O) groups excluding carboxylic acids is 1. The molecule has 1 amide bonds. The molecule has 0 radical (unpaired) electrons. The molecule has 0 unspecified atom stereocenters. The Bertz CT molecular complexity index is 617. The molecule has 0 aliphatic rings. The number of benzene rings is 2. The number of rotatable bonds is 5. The Balaban J connectivity index is 1.96. The number of hydrogen-bond donors (Lipinski definition) is 1. The van der Waals surface area contributed by atoms with E-state index < -0.39 is 0 Å². The second kappa shape index (κ2) is 6.99. The molecule has 4 nitrogen and oxygen atoms in total. The molecule has 0 aliphatic carbocycles. The standard InChI is InChI=1S/C16H17ClN2O2/c1-19(13-6-4-3-5-7-13)16(20)11-18-12-8-9-15(21-2)14(17)10-12/h3-10,18H,11H2,1-2H3. The lowest BCUT2D eigenvalue weighted by Crippen LogP contribution is -2.32. The summed E-state index contributed by atoms with van der Waals surface area (Å²) < 4.78 is 5.09. The minimum absolute atomic E-state index is 0.0341. The molecule has 2 aromatic carbocycles. The number of para-hydroxylation sites is 1. The van der Waals surface area contributed by atoms with E-state index in [1.807, 2.05) is 36.4 Å². The number of ether oxygens (including phenoxy) is 1. The normalized spacial score (nSPS) is 10.0. The van der Waals surface area contributed by atoms with E-state index in [9.17, 15) is 4.79 Å². The van der Waals surface area contributed by atoms with Crippen LogP contribution in [0.25, 0.3) is 0 Å². The Hall–Kier alpha value is -2.20. The van der Waals surface area contributed by atoms with E-state index in [2.05, 4.69) is 5.32 Å². The smallest absolute Gasteiger partial charge is 0.246 e. The Morgan fingerprint density at radius 1 is 1.24 bits per heavy atom. The van der Waals surface area contributed by atoms with Crippen LogP contribution in [-0.2, 0) is 4.79 Å². The number of nitrogens with one attached hydrogen (secondary N) is 1. The third-order valence-electron chi connectivity index (χ3n) is 3.11. The summed E-state index contributed by atoms with van der Waals surface area (Å²) in [6.07, 6.45) is 0. The Morgan fingerprint density at radius 3 is 2.57 bits per heavy atom. The van der Waals surface area contributed by atoms with Gasteiger partial charge >= 0.3 is 0 Å². The first kappa shape index (κ1) is 15.2. The quantitative estimate of drug-likeness (QED) is 0.920. The van der Waals surface area contributed by atoms with Crippen molar-refractivity contribution in [2.24, 2.45) is 0 Å². The van der Waals surface area contributed by atoms with Gasteiger partial charge in [0.1, 0.15) is 5.75 Å². The van der Waals surface area contributed by atoms with Gasteiger partial charge in [0.25, 0.3) is 0 Å². The maximum Gasteiger partial charge on any atom is 0.246 e. The number of anilines is 2. The summed E-state index contributed by atoms with van der Waals surface area (Å²) in [5.41, 5.74) is 1.63. The molecule has 0 heterocycles. The fraction of sp³-hybridized carbons (Fsp3) is 0.188. The molecule has 0 fully saturated rings. The third-order valence-corrected chi connectivity index (χ3v) is 3.41. The third kappa shape index (κ3) is 3.89. The fourth-order valence-corrected chi connectivity index (χ4v) is 2.13. The molecule has 0 aliphatic heterocycles. The van der Waals surface area contributed by atoms with Gasteiger partial charge in [-0.05, 0) is 30.3 Å². The van der Waals surface area contributed by atoms with Gasteiger partial charge in [-0.2, -0.15) is 0 Å². The van der Waals surface area contributed by atoms with Crippen molar-refractivity contribution < 1.29 is 9.53 Å². The summed E-state index contributed by atoms with van der Waals surface area (Å²) in [6.45, 7) is 0.189. The van der Waals surface area contributed by atoms with Gasteiger partial charge in [-0.1, -0.05) is 29.8 Å². The van der Waals surface area contributed by atoms with Gasteiger partial charge in [0, 0.05) is 18.4 Å². The number of carbonyl (C=O) groups is 1. The molecule has 0 bridgehead atoms. The highest BCUT2D eigenvalue weighted by Crippen LogP contribution is 2.27. The van der Waals surface area contributed by atoms with Crippen LogP contribution < -0.4 is 15.0 Å². The molecule has 21 heavy (non-hydrogen) atoms. The zero-order valence-electron chi connectivity index (χ0n) is 12.0. The maximum atomic E-state index is 12.1. The molecule has 0 saturated carbocycles. The zero-order chi connectivity index (χ0) is 15.2. The zero-order valence-corrected chi connectivity index (χ0v) is 12.7. The number of hydrogen-bond acceptors (Lipinski definition) is 3. The van der Waals surface area contributed by atoms with Gasteiger partial charge in [0.15, 0.2) is 0 Å². The Kier molecular flexibility index (Phi) is 5.06. The highest BCUT2D eigenvalue weighted by molar-refractivity contribution is 6.32. The minimum atomic E-state index is -0.0341. The summed E-state index contributed by atoms with van der Waals surface area (Å²) in [6, 6.07) is 14.8. The van der Waals surface area contributed by atoms with E-state index in [4.69, 9.17) is 16.3 Å². The van der Waals surface area contributed by atoms with E-state index >= 15 is 0 Å². The van der Waals surface area contributed by atoms with Crippen molar-refractivity contribution in [3.05, 3.63) is 53.6 Å². The molecule has 0 aromatic heterocycles. The highest BCUT2D eigenvalue weighted by atomic mass is 35.5. The van der Waals surface area contributed by atoms with Crippen LogP contribution in [-0.4, -0.2) is 26.6 Å². The first-order valence-corrected chi connectivity index (χ1v) is 6.88. The first-order valence-electron chi connectivity index (χ1n) is 6.51. The lowest BCUT2D eigenvalue weighted by Gasteiger charge is -2.18. The van der Waals surface area contributed by atoms with Crippen LogP contribution in [0.15, 0.2) is 48.5 Å². The van der Waals surface area contributed by atoms with Crippen molar-refractivity contribution in [2.75, 3.05) is 30.9 Å². The lowest BCUT2D eigenvalue weighted by molar-refractivity contribution is -0.116. The molecule has 0 atom stereocenters. The van der Waals surface area contributed by atoms with E-state index in [0.717, 1.165) is 11.4 Å². The van der Waals surface area contributed by atoms with Crippen molar-refractivity contribution in [3.8, 4) is 5.75 Å². The fourth-order valence-electron chi connectivity index (χ4n) is 1.87. The van der Waals surface area contributed by atoms with Gasteiger partial charge in [0.05, 0.1) is 18.7 Å². The summed E-state index contributed by atoms with van der Waals surface area (Å²) in [4.78, 5) is 13.7. The van der Waals surface area contributed by atoms with Gasteiger partial charge in [-0.15, -0.1) is 0 Å². The number of methoxy groups -OCH3 is 1. The number of likely N-dealkylation sites (N-methyl/N-ethyl adjacent to an activating group) is 1. The molecule has 1 N–H and O–H groups in total. The van der Waals surface area contributed by atoms with E-state index in [1.54, 1.807) is 31.2 Å². The van der Waals surface area contributed by atoms with Crippen LogP contribution in [0.4, 0.5) is 11.4 Å². The first-order chi connectivity index (χ1) is 10.1. The Morgan fingerprint density at radius 2 is 1.95 bits per heavy atom. The van der Waals surface area contributed by atoms with Crippen LogP contribution in [0.1, 0.15) is 0 Å². The second-order valence-corrected chi connectivity index (χ2v) is 4.90. The predicted octanol–water partition coefficient (Wildman–Crippen LogP) is 3.42. The largest absolute Gasteiger partial charge is 0.495 e. The molecule has 110 valence electrons. The number of amides is 1. The van der Waals surface area contributed by atoms with E-state index in [0.29, 0.717) is 10.8 Å². The molecule has 0 saturated heterocycles. The van der Waals surface area contributed by atoms with Gasteiger partial charge in [-0.3, -0.25) is 4.79 Å². The summed E-state index contributed by atoms with van der Waals surface area (Å²) in [5.74, 6) is 0.572. The number of halogens is 1. The average molecular weight is 305 g/mol. The van der Waals surface area contributed by atoms with Crippen molar-refractivity contribution in [2.45, 2.75) is 0 Å². The molecule has 2 rings (SSSR count). The molecule has 0 spiro atoms. The van der Waals surface area contributed by atoms with Gasteiger partial charge < -0.3 is 15.0 Å². The predicted molar refractivity (Wildman–Crippen MR) is 86.3 cm³/mol. The van der Waals surface area contributed by atoms with E-state index in [1.165, 1.54) is 0 Å². The SMILES string of the molecule is COc1ccc(NCC(=O)N(C)c2ccccc2)cc1Cl. The average Bonchev–Trinajstić information content (AvgIpc) is 2.52. The highest BCUT2D eigenvalue weighted by Gasteiger charge is 2.10.